The lowest BCUT2D eigenvalue weighted by molar-refractivity contribution is 0.0992. The van der Waals surface area contributed by atoms with Crippen LogP contribution in [0.25, 0.3) is 0 Å². The standard InChI is InChI=1S/C12H10BrN3O/c1-16(11-4-2-3-5-15-11)12(17)9-6-10(13)8-14-7-9/h2-8H,1H3. The molecule has 0 saturated carbocycles. The van der Waals surface area contributed by atoms with Crippen molar-refractivity contribution in [2.45, 2.75) is 0 Å². The number of nitrogens with zero attached hydrogens (tertiary/aromatic N) is 3. The lowest BCUT2D eigenvalue weighted by Crippen LogP contribution is -2.27. The van der Waals surface area contributed by atoms with Gasteiger partial charge in [0.25, 0.3) is 5.91 Å². The molecule has 5 heteroatoms. The number of aromatic nitrogens is 2. The van der Waals surface area contributed by atoms with Crippen LogP contribution in [0, 0.1) is 0 Å². The molecular formula is C12H10BrN3O. The summed E-state index contributed by atoms with van der Waals surface area (Å²) >= 11 is 3.29. The Labute approximate surface area is 107 Å². The van der Waals surface area contributed by atoms with Gasteiger partial charge in [-0.25, -0.2) is 4.98 Å². The largest absolute Gasteiger partial charge is 0.296 e. The van der Waals surface area contributed by atoms with Crippen LogP contribution in [0.5, 0.6) is 0 Å². The van der Waals surface area contributed by atoms with Gasteiger partial charge in [-0.1, -0.05) is 6.07 Å². The number of anilines is 1. The normalized spacial score (nSPS) is 10.0. The second-order valence-corrected chi connectivity index (χ2v) is 4.36. The molecular weight excluding hydrogens is 282 g/mol. The minimum atomic E-state index is -0.141. The van der Waals surface area contributed by atoms with E-state index >= 15 is 0 Å². The number of hydrogen-bond donors (Lipinski definition) is 0. The topological polar surface area (TPSA) is 46.1 Å². The minimum Gasteiger partial charge on any atom is -0.296 e. The Balaban J connectivity index is 2.27. The second-order valence-electron chi connectivity index (χ2n) is 3.44. The number of amides is 1. The Hall–Kier alpha value is -1.75. The number of carbonyl (C=O) groups excluding carboxylic acids is 1. The summed E-state index contributed by atoms with van der Waals surface area (Å²) in [4.78, 5) is 21.7. The molecule has 0 aliphatic carbocycles. The highest BCUT2D eigenvalue weighted by molar-refractivity contribution is 9.10. The molecule has 0 aliphatic heterocycles. The van der Waals surface area contributed by atoms with Crippen molar-refractivity contribution in [1.29, 1.82) is 0 Å². The van der Waals surface area contributed by atoms with Crippen molar-refractivity contribution in [3.8, 4) is 0 Å². The third kappa shape index (κ3) is 2.68. The fourth-order valence-electron chi connectivity index (χ4n) is 1.38. The zero-order chi connectivity index (χ0) is 12.3. The van der Waals surface area contributed by atoms with Gasteiger partial charge >= 0.3 is 0 Å². The van der Waals surface area contributed by atoms with Gasteiger partial charge in [0.2, 0.25) is 0 Å². The van der Waals surface area contributed by atoms with E-state index in [1.807, 2.05) is 12.1 Å². The van der Waals surface area contributed by atoms with Crippen molar-refractivity contribution in [1.82, 2.24) is 9.97 Å². The first kappa shape index (κ1) is 11.7. The number of hydrogen-bond acceptors (Lipinski definition) is 3. The van der Waals surface area contributed by atoms with Gasteiger partial charge in [0.05, 0.1) is 5.56 Å². The molecule has 17 heavy (non-hydrogen) atoms. The predicted molar refractivity (Wildman–Crippen MR) is 68.9 cm³/mol. The summed E-state index contributed by atoms with van der Waals surface area (Å²) in [5.74, 6) is 0.468. The quantitative estimate of drug-likeness (QED) is 0.854. The molecule has 4 nitrogen and oxygen atoms in total. The Morgan fingerprint density at radius 2 is 2.18 bits per heavy atom. The Bertz CT molecular complexity index is 530. The van der Waals surface area contributed by atoms with Crippen molar-refractivity contribution in [3.05, 3.63) is 52.9 Å². The maximum Gasteiger partial charge on any atom is 0.260 e. The van der Waals surface area contributed by atoms with E-state index in [9.17, 15) is 4.79 Å². The fourth-order valence-corrected chi connectivity index (χ4v) is 1.74. The van der Waals surface area contributed by atoms with E-state index < -0.39 is 0 Å². The minimum absolute atomic E-state index is 0.141. The molecule has 0 bridgehead atoms. The van der Waals surface area contributed by atoms with Gasteiger partial charge in [0.15, 0.2) is 0 Å². The van der Waals surface area contributed by atoms with E-state index in [1.54, 1.807) is 31.6 Å². The van der Waals surface area contributed by atoms with Crippen LogP contribution in [0.15, 0.2) is 47.3 Å². The van der Waals surface area contributed by atoms with Crippen LogP contribution in [-0.2, 0) is 0 Å². The molecule has 86 valence electrons. The van der Waals surface area contributed by atoms with Gasteiger partial charge in [-0.15, -0.1) is 0 Å². The average molecular weight is 292 g/mol. The Kier molecular flexibility index (Phi) is 3.49. The molecule has 0 spiro atoms. The Morgan fingerprint density at radius 3 is 2.82 bits per heavy atom. The van der Waals surface area contributed by atoms with Gasteiger partial charge in [-0.2, -0.15) is 0 Å². The molecule has 2 aromatic heterocycles. The van der Waals surface area contributed by atoms with E-state index in [-0.39, 0.29) is 5.91 Å². The molecule has 0 N–H and O–H groups in total. The van der Waals surface area contributed by atoms with E-state index in [1.165, 1.54) is 11.1 Å². The molecule has 0 radical (unpaired) electrons. The van der Waals surface area contributed by atoms with Gasteiger partial charge in [0.1, 0.15) is 5.82 Å². The van der Waals surface area contributed by atoms with Gasteiger partial charge in [0, 0.05) is 30.1 Å². The summed E-state index contributed by atoms with van der Waals surface area (Å²) in [5.41, 5.74) is 0.521. The monoisotopic (exact) mass is 291 g/mol. The number of pyridine rings is 2. The van der Waals surface area contributed by atoms with Crippen molar-refractivity contribution in [2.24, 2.45) is 0 Å². The summed E-state index contributed by atoms with van der Waals surface area (Å²) in [6, 6.07) is 7.16. The van der Waals surface area contributed by atoms with Crippen molar-refractivity contribution in [3.63, 3.8) is 0 Å². The van der Waals surface area contributed by atoms with Crippen LogP contribution in [0.1, 0.15) is 10.4 Å². The lowest BCUT2D eigenvalue weighted by Gasteiger charge is -2.15. The van der Waals surface area contributed by atoms with Crippen LogP contribution in [0.4, 0.5) is 5.82 Å². The van der Waals surface area contributed by atoms with Crippen molar-refractivity contribution in [2.75, 3.05) is 11.9 Å². The molecule has 1 amide bonds. The van der Waals surface area contributed by atoms with Crippen LogP contribution < -0.4 is 4.90 Å². The van der Waals surface area contributed by atoms with Crippen LogP contribution in [-0.4, -0.2) is 22.9 Å². The summed E-state index contributed by atoms with van der Waals surface area (Å²) < 4.78 is 0.776. The van der Waals surface area contributed by atoms with E-state index in [2.05, 4.69) is 25.9 Å². The van der Waals surface area contributed by atoms with Gasteiger partial charge in [-0.3, -0.25) is 14.7 Å². The number of carbonyl (C=O) groups is 1. The highest BCUT2D eigenvalue weighted by Crippen LogP contribution is 2.14. The maximum atomic E-state index is 12.1. The second kappa shape index (κ2) is 5.05. The molecule has 0 unspecified atom stereocenters. The molecule has 0 saturated heterocycles. The molecule has 0 aliphatic rings. The highest BCUT2D eigenvalue weighted by atomic mass is 79.9. The molecule has 2 heterocycles. The molecule has 2 aromatic rings. The average Bonchev–Trinajstić information content (AvgIpc) is 2.38. The summed E-state index contributed by atoms with van der Waals surface area (Å²) in [6.07, 6.45) is 4.82. The van der Waals surface area contributed by atoms with Gasteiger partial charge < -0.3 is 0 Å². The molecule has 0 aromatic carbocycles. The zero-order valence-electron chi connectivity index (χ0n) is 9.17. The molecule has 0 atom stereocenters. The van der Waals surface area contributed by atoms with Crippen molar-refractivity contribution < 1.29 is 4.79 Å². The van der Waals surface area contributed by atoms with Gasteiger partial charge in [-0.05, 0) is 34.1 Å². The lowest BCUT2D eigenvalue weighted by atomic mass is 10.2. The smallest absolute Gasteiger partial charge is 0.260 e. The maximum absolute atomic E-state index is 12.1. The highest BCUT2D eigenvalue weighted by Gasteiger charge is 2.14. The summed E-state index contributed by atoms with van der Waals surface area (Å²) in [5, 5.41) is 0. The van der Waals surface area contributed by atoms with E-state index in [0.717, 1.165) is 4.47 Å². The SMILES string of the molecule is CN(C(=O)c1cncc(Br)c1)c1ccccn1. The number of rotatable bonds is 2. The van der Waals surface area contributed by atoms with Crippen LogP contribution in [0.2, 0.25) is 0 Å². The number of halogens is 1. The first-order chi connectivity index (χ1) is 8.18. The van der Waals surface area contributed by atoms with E-state index in [4.69, 9.17) is 0 Å². The summed E-state index contributed by atoms with van der Waals surface area (Å²) in [6.45, 7) is 0. The third-order valence-electron chi connectivity index (χ3n) is 2.25. The van der Waals surface area contributed by atoms with E-state index in [0.29, 0.717) is 11.4 Å². The van der Waals surface area contributed by atoms with Crippen molar-refractivity contribution >= 4 is 27.7 Å². The molecule has 2 rings (SSSR count). The first-order valence-corrected chi connectivity index (χ1v) is 5.77. The van der Waals surface area contributed by atoms with Crippen LogP contribution >= 0.6 is 15.9 Å². The zero-order valence-corrected chi connectivity index (χ0v) is 10.8. The third-order valence-corrected chi connectivity index (χ3v) is 2.68. The predicted octanol–water partition coefficient (Wildman–Crippen LogP) is 2.52. The fraction of sp³-hybridized carbons (Fsp3) is 0.0833. The van der Waals surface area contributed by atoms with Crippen LogP contribution in [0.3, 0.4) is 0 Å². The molecule has 0 fully saturated rings. The Morgan fingerprint density at radius 1 is 1.35 bits per heavy atom. The summed E-state index contributed by atoms with van der Waals surface area (Å²) in [7, 11) is 1.69. The first-order valence-electron chi connectivity index (χ1n) is 4.98.